The second-order valence-electron chi connectivity index (χ2n) is 9.16. The number of anilines is 1. The van der Waals surface area contributed by atoms with E-state index >= 15 is 0 Å². The third-order valence-corrected chi connectivity index (χ3v) is 10.3. The molecule has 4 aromatic rings. The van der Waals surface area contributed by atoms with E-state index in [-0.39, 0.29) is 41.0 Å². The number of fused-ring (bicyclic) bond motifs is 1. The summed E-state index contributed by atoms with van der Waals surface area (Å²) in [7, 11) is -2.32. The molecule has 5 rings (SSSR count). The van der Waals surface area contributed by atoms with Crippen LogP contribution in [0.5, 0.6) is 5.75 Å². The Hall–Kier alpha value is -3.29. The predicted molar refractivity (Wildman–Crippen MR) is 161 cm³/mol. The molecular formula is C28H24BrClN4O5S2. The van der Waals surface area contributed by atoms with E-state index in [0.717, 1.165) is 10.0 Å². The van der Waals surface area contributed by atoms with Crippen LogP contribution in [0.15, 0.2) is 87.8 Å². The van der Waals surface area contributed by atoms with E-state index in [0.29, 0.717) is 16.3 Å². The Morgan fingerprint density at radius 2 is 1.85 bits per heavy atom. The average Bonchev–Trinajstić information content (AvgIpc) is 3.35. The summed E-state index contributed by atoms with van der Waals surface area (Å²) in [5.74, 6) is -0.396. The molecule has 1 atom stereocenters. The van der Waals surface area contributed by atoms with Crippen molar-refractivity contribution < 1.29 is 22.7 Å². The van der Waals surface area contributed by atoms with Crippen LogP contribution in [-0.2, 0) is 27.9 Å². The first-order chi connectivity index (χ1) is 19.6. The molecule has 1 unspecified atom stereocenters. The molecule has 41 heavy (non-hydrogen) atoms. The first-order valence-corrected chi connectivity index (χ1v) is 15.9. The molecule has 2 aromatic carbocycles. The number of nitrogens with one attached hydrogen (secondary N) is 1. The van der Waals surface area contributed by atoms with Crippen LogP contribution in [0.2, 0.25) is 5.02 Å². The number of hydrogen-bond donors (Lipinski definition) is 1. The minimum atomic E-state index is -3.78. The average molecular weight is 676 g/mol. The van der Waals surface area contributed by atoms with Crippen LogP contribution < -0.4 is 15.0 Å². The maximum Gasteiger partial charge on any atom is 0.263 e. The fourth-order valence-corrected chi connectivity index (χ4v) is 7.06. The summed E-state index contributed by atoms with van der Waals surface area (Å²) in [5, 5.41) is 4.62. The van der Waals surface area contributed by atoms with Crippen molar-refractivity contribution in [3.05, 3.63) is 104 Å². The molecule has 13 heteroatoms. The Morgan fingerprint density at radius 1 is 1.15 bits per heavy atom. The topological polar surface area (TPSA) is 109 Å². The lowest BCUT2D eigenvalue weighted by atomic mass is 10.1. The van der Waals surface area contributed by atoms with Gasteiger partial charge in [0.25, 0.3) is 11.8 Å². The van der Waals surface area contributed by atoms with E-state index in [2.05, 4.69) is 26.2 Å². The highest BCUT2D eigenvalue weighted by atomic mass is 79.9. The van der Waals surface area contributed by atoms with Crippen molar-refractivity contribution >= 4 is 66.4 Å². The molecule has 2 aromatic heterocycles. The second-order valence-corrected chi connectivity index (χ2v) is 13.5. The van der Waals surface area contributed by atoms with E-state index in [9.17, 15) is 18.0 Å². The highest BCUT2D eigenvalue weighted by molar-refractivity contribution is 9.10. The van der Waals surface area contributed by atoms with Gasteiger partial charge in [-0.05, 0) is 54.1 Å². The molecule has 0 fully saturated rings. The SMILES string of the molecule is CN(Cc1scc(C(=O)N2CC(C(=O)NCc3ccncc3)Oc3ccccc32)c1Cl)S(=O)(=O)c1ccc(Br)cc1. The minimum Gasteiger partial charge on any atom is -0.477 e. The molecule has 0 radical (unpaired) electrons. The van der Waals surface area contributed by atoms with E-state index in [1.807, 2.05) is 0 Å². The summed E-state index contributed by atoms with van der Waals surface area (Å²) in [6.45, 7) is 0.236. The van der Waals surface area contributed by atoms with Crippen molar-refractivity contribution in [2.75, 3.05) is 18.5 Å². The lowest BCUT2D eigenvalue weighted by Crippen LogP contribution is -2.50. The fraction of sp³-hybridized carbons (Fsp3) is 0.179. The van der Waals surface area contributed by atoms with E-state index < -0.39 is 22.0 Å². The summed E-state index contributed by atoms with van der Waals surface area (Å²) in [4.78, 5) is 32.9. The fourth-order valence-electron chi connectivity index (χ4n) is 4.22. The second kappa shape index (κ2) is 12.3. The third kappa shape index (κ3) is 6.31. The number of rotatable bonds is 8. The molecule has 1 aliphatic heterocycles. The van der Waals surface area contributed by atoms with Crippen molar-refractivity contribution in [2.45, 2.75) is 24.1 Å². The van der Waals surface area contributed by atoms with Gasteiger partial charge in [0, 0.05) is 47.3 Å². The van der Waals surface area contributed by atoms with Gasteiger partial charge in [0.1, 0.15) is 5.75 Å². The molecule has 0 saturated carbocycles. The zero-order valence-corrected chi connectivity index (χ0v) is 25.6. The van der Waals surface area contributed by atoms with E-state index in [1.54, 1.807) is 66.3 Å². The van der Waals surface area contributed by atoms with Gasteiger partial charge in [0.2, 0.25) is 10.0 Å². The zero-order valence-electron chi connectivity index (χ0n) is 21.7. The third-order valence-electron chi connectivity index (χ3n) is 6.45. The molecule has 212 valence electrons. The van der Waals surface area contributed by atoms with E-state index in [4.69, 9.17) is 16.3 Å². The summed E-state index contributed by atoms with van der Waals surface area (Å²) >= 11 is 11.2. The lowest BCUT2D eigenvalue weighted by molar-refractivity contribution is -0.128. The van der Waals surface area contributed by atoms with Gasteiger partial charge in [0.15, 0.2) is 6.10 Å². The van der Waals surface area contributed by atoms with Crippen LogP contribution in [0.3, 0.4) is 0 Å². The van der Waals surface area contributed by atoms with Crippen molar-refractivity contribution in [1.29, 1.82) is 0 Å². The van der Waals surface area contributed by atoms with Crippen LogP contribution in [-0.4, -0.2) is 49.2 Å². The molecular weight excluding hydrogens is 652 g/mol. The number of halogens is 2. The summed E-state index contributed by atoms with van der Waals surface area (Å²) in [6, 6.07) is 16.9. The van der Waals surface area contributed by atoms with Crippen molar-refractivity contribution in [3.63, 3.8) is 0 Å². The number of carbonyl (C=O) groups is 2. The van der Waals surface area contributed by atoms with Gasteiger partial charge in [-0.1, -0.05) is 39.7 Å². The first kappa shape index (κ1) is 29.2. The molecule has 0 aliphatic carbocycles. The zero-order chi connectivity index (χ0) is 29.1. The number of carbonyl (C=O) groups excluding carboxylic acids is 2. The first-order valence-electron chi connectivity index (χ1n) is 12.4. The number of pyridine rings is 1. The molecule has 9 nitrogen and oxygen atoms in total. The van der Waals surface area contributed by atoms with Crippen molar-refractivity contribution in [1.82, 2.24) is 14.6 Å². The number of para-hydroxylation sites is 2. The summed E-state index contributed by atoms with van der Waals surface area (Å²) in [5.41, 5.74) is 1.60. The Labute approximate surface area is 254 Å². The molecule has 0 spiro atoms. The number of aromatic nitrogens is 1. The molecule has 3 heterocycles. The number of sulfonamides is 1. The molecule has 1 aliphatic rings. The number of benzene rings is 2. The van der Waals surface area contributed by atoms with Gasteiger partial charge < -0.3 is 15.0 Å². The van der Waals surface area contributed by atoms with Gasteiger partial charge in [-0.2, -0.15) is 4.31 Å². The van der Waals surface area contributed by atoms with Crippen LogP contribution in [0.1, 0.15) is 20.8 Å². The lowest BCUT2D eigenvalue weighted by Gasteiger charge is -2.34. The Bertz CT molecular complexity index is 1680. The molecule has 2 amide bonds. The monoisotopic (exact) mass is 674 g/mol. The highest BCUT2D eigenvalue weighted by Crippen LogP contribution is 2.37. The minimum absolute atomic E-state index is 0.0189. The van der Waals surface area contributed by atoms with Crippen LogP contribution in [0, 0.1) is 0 Å². The molecule has 0 bridgehead atoms. The van der Waals surface area contributed by atoms with Crippen LogP contribution >= 0.6 is 38.9 Å². The molecule has 1 N–H and O–H groups in total. The van der Waals surface area contributed by atoms with Gasteiger partial charge in [-0.25, -0.2) is 8.42 Å². The number of amides is 2. The van der Waals surface area contributed by atoms with Gasteiger partial charge in [-0.15, -0.1) is 11.3 Å². The Kier molecular flexibility index (Phi) is 8.76. The Morgan fingerprint density at radius 3 is 2.59 bits per heavy atom. The van der Waals surface area contributed by atoms with E-state index in [1.165, 1.54) is 39.7 Å². The van der Waals surface area contributed by atoms with Crippen molar-refractivity contribution in [2.24, 2.45) is 0 Å². The largest absolute Gasteiger partial charge is 0.477 e. The number of hydrogen-bond acceptors (Lipinski definition) is 7. The smallest absolute Gasteiger partial charge is 0.263 e. The number of ether oxygens (including phenoxy) is 1. The maximum atomic E-state index is 13.8. The quantitative estimate of drug-likeness (QED) is 0.278. The predicted octanol–water partition coefficient (Wildman–Crippen LogP) is 5.10. The van der Waals surface area contributed by atoms with Crippen LogP contribution in [0.4, 0.5) is 5.69 Å². The van der Waals surface area contributed by atoms with Gasteiger partial charge >= 0.3 is 0 Å². The standard InChI is InChI=1S/C28H24BrClN4O5S2/c1-33(41(37,38)20-8-6-19(29)7-9-20)16-25-26(30)21(17-40-25)28(36)34-15-24(39-23-5-3-2-4-22(23)34)27(35)32-14-18-10-12-31-13-11-18/h2-13,17,24H,14-16H2,1H3,(H,32,35). The van der Waals surface area contributed by atoms with Crippen molar-refractivity contribution in [3.8, 4) is 5.75 Å². The molecule has 0 saturated heterocycles. The highest BCUT2D eigenvalue weighted by Gasteiger charge is 2.35. The van der Waals surface area contributed by atoms with Gasteiger partial charge in [0.05, 0.1) is 27.7 Å². The van der Waals surface area contributed by atoms with Gasteiger partial charge in [-0.3, -0.25) is 14.6 Å². The Balaban J connectivity index is 1.34. The number of nitrogens with zero attached hydrogens (tertiary/aromatic N) is 3. The maximum absolute atomic E-state index is 13.8. The normalized spacial score (nSPS) is 14.8. The summed E-state index contributed by atoms with van der Waals surface area (Å²) < 4.78 is 34.0. The summed E-state index contributed by atoms with van der Waals surface area (Å²) in [6.07, 6.45) is 2.33. The van der Waals surface area contributed by atoms with Crippen LogP contribution in [0.25, 0.3) is 0 Å². The number of thiophene rings is 1.